The van der Waals surface area contributed by atoms with Crippen molar-refractivity contribution in [2.24, 2.45) is 0 Å². The first kappa shape index (κ1) is 16.0. The molecular formula is C12H13ClFNO5S. The van der Waals surface area contributed by atoms with E-state index in [4.69, 9.17) is 20.2 Å². The van der Waals surface area contributed by atoms with Crippen LogP contribution in [-0.2, 0) is 18.6 Å². The molecule has 1 saturated heterocycles. The lowest BCUT2D eigenvalue weighted by atomic mass is 10.3. The van der Waals surface area contributed by atoms with Gasteiger partial charge in [0.15, 0.2) is 18.2 Å². The van der Waals surface area contributed by atoms with E-state index in [-0.39, 0.29) is 23.2 Å². The molecule has 0 bridgehead atoms. The molecule has 1 aromatic rings. The van der Waals surface area contributed by atoms with Crippen LogP contribution < -0.4 is 4.74 Å². The van der Waals surface area contributed by atoms with E-state index in [0.29, 0.717) is 26.3 Å². The molecule has 9 heteroatoms. The standard InChI is InChI=1S/C12H13ClFNO5S/c13-21(17,18)9-1-2-11(10(14)7-9)20-8-12(16)15-3-5-19-6-4-15/h1-2,7H,3-6,8H2. The maximum Gasteiger partial charge on any atom is 0.261 e. The molecule has 116 valence electrons. The summed E-state index contributed by atoms with van der Waals surface area (Å²) in [7, 11) is 1.10. The van der Waals surface area contributed by atoms with Gasteiger partial charge in [0.05, 0.1) is 18.1 Å². The molecule has 1 fully saturated rings. The molecule has 1 heterocycles. The lowest BCUT2D eigenvalue weighted by molar-refractivity contribution is -0.137. The third-order valence-electron chi connectivity index (χ3n) is 2.90. The normalized spacial score (nSPS) is 15.8. The number of nitrogens with zero attached hydrogens (tertiary/aromatic N) is 1. The van der Waals surface area contributed by atoms with Gasteiger partial charge in [0.2, 0.25) is 0 Å². The summed E-state index contributed by atoms with van der Waals surface area (Å²) >= 11 is 0. The van der Waals surface area contributed by atoms with Gasteiger partial charge < -0.3 is 14.4 Å². The molecule has 0 aliphatic carbocycles. The van der Waals surface area contributed by atoms with E-state index < -0.39 is 14.9 Å². The van der Waals surface area contributed by atoms with Crippen molar-refractivity contribution in [1.82, 2.24) is 4.90 Å². The van der Waals surface area contributed by atoms with Gasteiger partial charge in [0, 0.05) is 23.8 Å². The summed E-state index contributed by atoms with van der Waals surface area (Å²) in [5.41, 5.74) is 0. The number of rotatable bonds is 4. The Hall–Kier alpha value is -1.38. The van der Waals surface area contributed by atoms with Crippen LogP contribution in [0, 0.1) is 5.82 Å². The largest absolute Gasteiger partial charge is 0.481 e. The van der Waals surface area contributed by atoms with Crippen molar-refractivity contribution < 1.29 is 27.1 Å². The average Bonchev–Trinajstić information content (AvgIpc) is 2.45. The molecule has 2 rings (SSSR count). The van der Waals surface area contributed by atoms with Crippen molar-refractivity contribution in [2.45, 2.75) is 4.90 Å². The summed E-state index contributed by atoms with van der Waals surface area (Å²) in [6.07, 6.45) is 0. The second-order valence-corrected chi connectivity index (χ2v) is 6.88. The Morgan fingerprint density at radius 1 is 1.38 bits per heavy atom. The number of morpholine rings is 1. The van der Waals surface area contributed by atoms with E-state index in [1.807, 2.05) is 0 Å². The third-order valence-corrected chi connectivity index (χ3v) is 4.25. The zero-order valence-corrected chi connectivity index (χ0v) is 12.5. The minimum Gasteiger partial charge on any atom is -0.481 e. The quantitative estimate of drug-likeness (QED) is 0.766. The number of halogens is 2. The summed E-state index contributed by atoms with van der Waals surface area (Å²) in [4.78, 5) is 13.0. The molecule has 0 spiro atoms. The third kappa shape index (κ3) is 4.29. The van der Waals surface area contributed by atoms with Crippen molar-refractivity contribution in [3.05, 3.63) is 24.0 Å². The molecule has 6 nitrogen and oxygen atoms in total. The van der Waals surface area contributed by atoms with Crippen LogP contribution in [-0.4, -0.2) is 52.1 Å². The topological polar surface area (TPSA) is 72.9 Å². The second-order valence-electron chi connectivity index (χ2n) is 4.31. The monoisotopic (exact) mass is 337 g/mol. The number of hydrogen-bond donors (Lipinski definition) is 0. The predicted octanol–water partition coefficient (Wildman–Crippen LogP) is 0.991. The minimum absolute atomic E-state index is 0.208. The van der Waals surface area contributed by atoms with Crippen molar-refractivity contribution in [2.75, 3.05) is 32.9 Å². The first-order valence-electron chi connectivity index (χ1n) is 6.10. The zero-order valence-electron chi connectivity index (χ0n) is 10.9. The van der Waals surface area contributed by atoms with Gasteiger partial charge in [-0.25, -0.2) is 12.8 Å². The lowest BCUT2D eigenvalue weighted by Crippen LogP contribution is -2.43. The van der Waals surface area contributed by atoms with Gasteiger partial charge >= 0.3 is 0 Å². The maximum atomic E-state index is 13.7. The Morgan fingerprint density at radius 3 is 2.62 bits per heavy atom. The van der Waals surface area contributed by atoms with Gasteiger partial charge in [-0.1, -0.05) is 0 Å². The molecule has 0 aromatic heterocycles. The highest BCUT2D eigenvalue weighted by Crippen LogP contribution is 2.23. The van der Waals surface area contributed by atoms with Crippen molar-refractivity contribution in [3.63, 3.8) is 0 Å². The molecular weight excluding hydrogens is 325 g/mol. The highest BCUT2D eigenvalue weighted by Gasteiger charge is 2.19. The van der Waals surface area contributed by atoms with Crippen molar-refractivity contribution >= 4 is 25.6 Å². The Labute approximate surface area is 125 Å². The number of benzene rings is 1. The van der Waals surface area contributed by atoms with Crippen LogP contribution in [0.1, 0.15) is 0 Å². The fraction of sp³-hybridized carbons (Fsp3) is 0.417. The van der Waals surface area contributed by atoms with Crippen LogP contribution in [0.5, 0.6) is 5.75 Å². The SMILES string of the molecule is O=C(COc1ccc(S(=O)(=O)Cl)cc1F)N1CCOCC1. The molecule has 0 radical (unpaired) electrons. The summed E-state index contributed by atoms with van der Waals surface area (Å²) < 4.78 is 46.0. The Morgan fingerprint density at radius 2 is 2.05 bits per heavy atom. The molecule has 21 heavy (non-hydrogen) atoms. The fourth-order valence-corrected chi connectivity index (χ4v) is 2.56. The van der Waals surface area contributed by atoms with E-state index in [0.717, 1.165) is 18.2 Å². The Bertz CT molecular complexity index is 631. The van der Waals surface area contributed by atoms with Crippen LogP contribution in [0.3, 0.4) is 0 Å². The number of carbonyl (C=O) groups is 1. The molecule has 1 aliphatic rings. The van der Waals surface area contributed by atoms with Crippen LogP contribution in [0.4, 0.5) is 4.39 Å². The highest BCUT2D eigenvalue weighted by atomic mass is 35.7. The first-order chi connectivity index (χ1) is 9.88. The van der Waals surface area contributed by atoms with Crippen molar-refractivity contribution in [1.29, 1.82) is 0 Å². The molecule has 1 aliphatic heterocycles. The second kappa shape index (κ2) is 6.59. The lowest BCUT2D eigenvalue weighted by Gasteiger charge is -2.26. The maximum absolute atomic E-state index is 13.7. The zero-order chi connectivity index (χ0) is 15.5. The minimum atomic E-state index is -4.00. The number of hydrogen-bond acceptors (Lipinski definition) is 5. The summed E-state index contributed by atoms with van der Waals surface area (Å²) in [5, 5.41) is 0. The molecule has 0 N–H and O–H groups in total. The molecule has 1 aromatic carbocycles. The van der Waals surface area contributed by atoms with E-state index in [1.165, 1.54) is 0 Å². The first-order valence-corrected chi connectivity index (χ1v) is 8.41. The van der Waals surface area contributed by atoms with Crippen LogP contribution in [0.15, 0.2) is 23.1 Å². The number of ether oxygens (including phenoxy) is 2. The summed E-state index contributed by atoms with van der Waals surface area (Å²) in [5.74, 6) is -1.39. The van der Waals surface area contributed by atoms with E-state index in [2.05, 4.69) is 0 Å². The summed E-state index contributed by atoms with van der Waals surface area (Å²) in [6, 6.07) is 2.98. The van der Waals surface area contributed by atoms with E-state index in [9.17, 15) is 17.6 Å². The average molecular weight is 338 g/mol. The Kier molecular flexibility index (Phi) is 5.02. The van der Waals surface area contributed by atoms with Crippen molar-refractivity contribution in [3.8, 4) is 5.75 Å². The summed E-state index contributed by atoms with van der Waals surface area (Å²) in [6.45, 7) is 1.52. The van der Waals surface area contributed by atoms with Crippen LogP contribution in [0.2, 0.25) is 0 Å². The van der Waals surface area contributed by atoms with E-state index in [1.54, 1.807) is 4.90 Å². The molecule has 0 atom stereocenters. The van der Waals surface area contributed by atoms with Gasteiger partial charge in [-0.3, -0.25) is 4.79 Å². The van der Waals surface area contributed by atoms with Gasteiger partial charge in [0.1, 0.15) is 0 Å². The fourth-order valence-electron chi connectivity index (χ4n) is 1.79. The number of amides is 1. The molecule has 0 saturated carbocycles. The van der Waals surface area contributed by atoms with E-state index >= 15 is 0 Å². The highest BCUT2D eigenvalue weighted by molar-refractivity contribution is 8.13. The Balaban J connectivity index is 1.98. The smallest absolute Gasteiger partial charge is 0.261 e. The van der Waals surface area contributed by atoms with Gasteiger partial charge in [-0.2, -0.15) is 0 Å². The van der Waals surface area contributed by atoms with Crippen LogP contribution >= 0.6 is 10.7 Å². The van der Waals surface area contributed by atoms with Crippen LogP contribution in [0.25, 0.3) is 0 Å². The van der Waals surface area contributed by atoms with Gasteiger partial charge in [-0.15, -0.1) is 0 Å². The van der Waals surface area contributed by atoms with Gasteiger partial charge in [0.25, 0.3) is 15.0 Å². The van der Waals surface area contributed by atoms with Gasteiger partial charge in [-0.05, 0) is 18.2 Å². The number of carbonyl (C=O) groups excluding carboxylic acids is 1. The molecule has 1 amide bonds. The molecule has 0 unspecified atom stereocenters. The predicted molar refractivity (Wildman–Crippen MR) is 72.3 cm³/mol.